The van der Waals surface area contributed by atoms with Gasteiger partial charge in [0, 0.05) is 60.3 Å². The van der Waals surface area contributed by atoms with E-state index in [-0.39, 0.29) is 66.7 Å². The molecule has 8 rings (SSSR count). The zero-order chi connectivity index (χ0) is 39.9. The number of hydrogen-bond donors (Lipinski definition) is 6. The van der Waals surface area contributed by atoms with Crippen LogP contribution in [0.1, 0.15) is 116 Å². The average Bonchev–Trinajstić information content (AvgIpc) is 3.78. The average molecular weight is 802 g/mol. The Morgan fingerprint density at radius 1 is 0.964 bits per heavy atom. The number of nitrogens with zero attached hydrogens (tertiary/aromatic N) is 1. The second-order valence-corrected chi connectivity index (χ2v) is 20.2. The molecule has 0 radical (unpaired) electrons. The molecule has 6 N–H and O–H groups in total. The summed E-state index contributed by atoms with van der Waals surface area (Å²) in [5.74, 6) is 0.0705. The molecule has 0 spiro atoms. The second-order valence-electron chi connectivity index (χ2n) is 18.9. The van der Waals surface area contributed by atoms with E-state index >= 15 is 0 Å². The van der Waals surface area contributed by atoms with Gasteiger partial charge in [0.1, 0.15) is 0 Å². The molecule has 56 heavy (non-hydrogen) atoms. The number of thioether (sulfide) groups is 1. The molecule has 4 saturated carbocycles. The van der Waals surface area contributed by atoms with Gasteiger partial charge in [0.25, 0.3) is 0 Å². The summed E-state index contributed by atoms with van der Waals surface area (Å²) in [6.45, 7) is 9.70. The fraction of sp³-hybridized carbons (Fsp3) is 0.756. The van der Waals surface area contributed by atoms with Crippen LogP contribution in [0.3, 0.4) is 0 Å². The molecule has 15 heteroatoms. The van der Waals surface area contributed by atoms with Crippen molar-refractivity contribution in [2.45, 2.75) is 157 Å². The summed E-state index contributed by atoms with van der Waals surface area (Å²) in [5, 5.41) is 19.6. The normalized spacial score (nSPS) is 30.1. The fourth-order valence-electron chi connectivity index (χ4n) is 10.8. The quantitative estimate of drug-likeness (QED) is 0.0961. The van der Waals surface area contributed by atoms with Gasteiger partial charge in [0.05, 0.1) is 24.2 Å². The largest absolute Gasteiger partial charge is 0.375 e. The number of unbranched alkanes of at least 4 members (excludes halogenated alkanes) is 1. The van der Waals surface area contributed by atoms with Crippen LogP contribution in [0.5, 0.6) is 0 Å². The van der Waals surface area contributed by atoms with Crippen LogP contribution >= 0.6 is 11.8 Å². The fourth-order valence-corrected chi connectivity index (χ4v) is 12.3. The summed E-state index contributed by atoms with van der Waals surface area (Å²) < 4.78 is 33.8. The number of amides is 6. The molecule has 1 aromatic carbocycles. The van der Waals surface area contributed by atoms with E-state index in [1.54, 1.807) is 4.90 Å². The SMILES string of the molecule is CC(C)(CCOC(C)(C)CCNC(=O)NC12CC3CC(CC(NCC(=O)N4Cc5cc(F)c(F)cc5C4)(C3)C1)C2)NC(=O)CCCCC1SCC2NC(=O)NC21. The van der Waals surface area contributed by atoms with Crippen molar-refractivity contribution in [3.05, 3.63) is 34.9 Å². The van der Waals surface area contributed by atoms with E-state index < -0.39 is 22.8 Å². The Labute approximate surface area is 333 Å². The molecule has 1 aromatic rings. The van der Waals surface area contributed by atoms with Crippen LogP contribution < -0.4 is 31.9 Å². The Morgan fingerprint density at radius 2 is 1.64 bits per heavy atom. The molecule has 4 aliphatic carbocycles. The van der Waals surface area contributed by atoms with E-state index in [0.29, 0.717) is 60.6 Å². The molecular formula is C41H61F2N7O5S. The van der Waals surface area contributed by atoms with Gasteiger partial charge in [-0.15, -0.1) is 0 Å². The lowest BCUT2D eigenvalue weighted by molar-refractivity contribution is -0.132. The molecule has 5 atom stereocenters. The summed E-state index contributed by atoms with van der Waals surface area (Å²) >= 11 is 1.90. The lowest BCUT2D eigenvalue weighted by Crippen LogP contribution is -2.70. The van der Waals surface area contributed by atoms with E-state index in [0.717, 1.165) is 63.5 Å². The molecule has 3 aliphatic heterocycles. The third kappa shape index (κ3) is 9.74. The van der Waals surface area contributed by atoms with Gasteiger partial charge in [-0.3, -0.25) is 9.59 Å². The number of carbonyl (C=O) groups excluding carboxylic acids is 4. The van der Waals surface area contributed by atoms with E-state index in [1.807, 2.05) is 39.5 Å². The van der Waals surface area contributed by atoms with Crippen molar-refractivity contribution >= 4 is 35.6 Å². The minimum atomic E-state index is -0.890. The highest BCUT2D eigenvalue weighted by Crippen LogP contribution is 2.57. The van der Waals surface area contributed by atoms with Crippen molar-refractivity contribution < 1.29 is 32.7 Å². The Morgan fingerprint density at radius 3 is 2.34 bits per heavy atom. The first kappa shape index (κ1) is 41.0. The monoisotopic (exact) mass is 801 g/mol. The van der Waals surface area contributed by atoms with Crippen LogP contribution in [0.2, 0.25) is 0 Å². The van der Waals surface area contributed by atoms with Crippen molar-refractivity contribution in [1.29, 1.82) is 0 Å². The van der Waals surface area contributed by atoms with E-state index in [2.05, 4.69) is 31.9 Å². The van der Waals surface area contributed by atoms with Gasteiger partial charge in [-0.05, 0) is 127 Å². The molecule has 7 aliphatic rings. The highest BCUT2D eigenvalue weighted by molar-refractivity contribution is 8.00. The van der Waals surface area contributed by atoms with Gasteiger partial charge in [0.2, 0.25) is 11.8 Å². The number of nitrogens with one attached hydrogen (secondary N) is 6. The molecular weight excluding hydrogens is 741 g/mol. The van der Waals surface area contributed by atoms with Gasteiger partial charge >= 0.3 is 12.1 Å². The van der Waals surface area contributed by atoms with Gasteiger partial charge in [-0.25, -0.2) is 18.4 Å². The molecule has 3 heterocycles. The van der Waals surface area contributed by atoms with E-state index in [1.165, 1.54) is 12.1 Å². The van der Waals surface area contributed by atoms with E-state index in [4.69, 9.17) is 4.74 Å². The number of carbonyl (C=O) groups is 4. The molecule has 12 nitrogen and oxygen atoms in total. The van der Waals surface area contributed by atoms with Crippen molar-refractivity contribution in [2.24, 2.45) is 11.8 Å². The first-order valence-electron chi connectivity index (χ1n) is 20.7. The predicted molar refractivity (Wildman–Crippen MR) is 211 cm³/mol. The van der Waals surface area contributed by atoms with Crippen molar-refractivity contribution in [2.75, 3.05) is 25.4 Å². The smallest absolute Gasteiger partial charge is 0.315 e. The number of halogens is 2. The predicted octanol–water partition coefficient (Wildman–Crippen LogP) is 4.98. The van der Waals surface area contributed by atoms with E-state index in [9.17, 15) is 28.0 Å². The Bertz CT molecular complexity index is 1630. The number of urea groups is 2. The number of fused-ring (bicyclic) bond motifs is 2. The Kier molecular flexibility index (Phi) is 11.9. The topological polar surface area (TPSA) is 153 Å². The summed E-state index contributed by atoms with van der Waals surface area (Å²) in [7, 11) is 0. The van der Waals surface area contributed by atoms with Crippen LogP contribution in [-0.4, -0.2) is 93.8 Å². The highest BCUT2D eigenvalue weighted by Gasteiger charge is 2.58. The minimum absolute atomic E-state index is 0.0394. The first-order chi connectivity index (χ1) is 26.5. The Hall–Kier alpha value is -3.17. The molecule has 2 saturated heterocycles. The van der Waals surface area contributed by atoms with Crippen molar-refractivity contribution in [3.8, 4) is 0 Å². The molecule has 6 amide bonds. The third-order valence-corrected chi connectivity index (χ3v) is 14.7. The van der Waals surface area contributed by atoms with Crippen LogP contribution in [0.15, 0.2) is 12.1 Å². The first-order valence-corrected chi connectivity index (χ1v) is 21.7. The van der Waals surface area contributed by atoms with Gasteiger partial charge in [-0.2, -0.15) is 11.8 Å². The number of ether oxygens (including phenoxy) is 1. The van der Waals surface area contributed by atoms with Crippen LogP contribution in [0.4, 0.5) is 18.4 Å². The van der Waals surface area contributed by atoms with Gasteiger partial charge in [0.15, 0.2) is 11.6 Å². The molecule has 4 bridgehead atoms. The van der Waals surface area contributed by atoms with Crippen LogP contribution in [-0.2, 0) is 27.4 Å². The van der Waals surface area contributed by atoms with Crippen LogP contribution in [0.25, 0.3) is 0 Å². The lowest BCUT2D eigenvalue weighted by Gasteiger charge is -2.62. The zero-order valence-electron chi connectivity index (χ0n) is 33.4. The summed E-state index contributed by atoms with van der Waals surface area (Å²) in [5.41, 5.74) is -0.143. The zero-order valence-corrected chi connectivity index (χ0v) is 34.2. The number of benzene rings is 1. The van der Waals surface area contributed by atoms with Crippen LogP contribution in [0, 0.1) is 23.5 Å². The summed E-state index contributed by atoms with van der Waals surface area (Å²) in [6.07, 6.45) is 10.2. The van der Waals surface area contributed by atoms with Gasteiger partial charge in [-0.1, -0.05) is 6.42 Å². The maximum absolute atomic E-state index is 13.8. The summed E-state index contributed by atoms with van der Waals surface area (Å²) in [6, 6.07) is 2.55. The third-order valence-electron chi connectivity index (χ3n) is 13.2. The van der Waals surface area contributed by atoms with Crippen molar-refractivity contribution in [1.82, 2.24) is 36.8 Å². The highest BCUT2D eigenvalue weighted by atomic mass is 32.2. The molecule has 5 unspecified atom stereocenters. The Balaban J connectivity index is 0.786. The minimum Gasteiger partial charge on any atom is -0.375 e. The second kappa shape index (κ2) is 16.2. The standard InChI is InChI=1S/C41H61F2N7O5S/c1-38(2,48-33(51)8-6-5-7-32-35-31(23-56-32)46-37(54)47-35)10-12-55-39(3,4)9-11-44-36(53)49-41-18-25-13-26(19-41)17-40(16-25,24-41)45-20-34(52)50-21-27-14-29(42)30(43)15-28(27)22-50/h14-15,25-26,31-32,35,45H,5-13,16-24H2,1-4H3,(H,48,51)(H2,44,49,53)(H2,46,47,54). The number of rotatable bonds is 17. The maximum Gasteiger partial charge on any atom is 0.315 e. The molecule has 310 valence electrons. The molecule has 6 fully saturated rings. The lowest BCUT2D eigenvalue weighted by atomic mass is 9.50. The van der Waals surface area contributed by atoms with Gasteiger partial charge < -0.3 is 41.5 Å². The number of hydrogen-bond acceptors (Lipinski definition) is 7. The molecule has 0 aromatic heterocycles. The summed E-state index contributed by atoms with van der Waals surface area (Å²) in [4.78, 5) is 52.6. The maximum atomic E-state index is 13.8. The van der Waals surface area contributed by atoms with Crippen molar-refractivity contribution in [3.63, 3.8) is 0 Å².